The van der Waals surface area contributed by atoms with Gasteiger partial charge in [-0.1, -0.05) is 0 Å². The zero-order valence-corrected chi connectivity index (χ0v) is 10.9. The molecule has 6 nitrogen and oxygen atoms in total. The van der Waals surface area contributed by atoms with Crippen LogP contribution in [-0.2, 0) is 0 Å². The first-order valence-electron chi connectivity index (χ1n) is 6.32. The molecule has 0 radical (unpaired) electrons. The third-order valence-electron chi connectivity index (χ3n) is 3.29. The summed E-state index contributed by atoms with van der Waals surface area (Å²) in [5.74, 6) is 1.18. The second-order valence-corrected chi connectivity index (χ2v) is 4.74. The lowest BCUT2D eigenvalue weighted by Gasteiger charge is -2.32. The zero-order chi connectivity index (χ0) is 13.0. The highest BCUT2D eigenvalue weighted by Crippen LogP contribution is 2.14. The van der Waals surface area contributed by atoms with Crippen LogP contribution in [0.5, 0.6) is 0 Å². The first kappa shape index (κ1) is 12.9. The molecule has 1 aromatic heterocycles. The molecular weight excluding hydrogens is 228 g/mol. The Morgan fingerprint density at radius 3 is 2.61 bits per heavy atom. The largest absolute Gasteiger partial charge is 0.396 e. The molecule has 0 saturated carbocycles. The Bertz CT molecular complexity index is 386. The summed E-state index contributed by atoms with van der Waals surface area (Å²) in [5, 5.41) is 3.27. The maximum absolute atomic E-state index is 5.66. The number of hydrogen-bond acceptors (Lipinski definition) is 6. The molecule has 100 valence electrons. The summed E-state index contributed by atoms with van der Waals surface area (Å²) in [7, 11) is 2.16. The highest BCUT2D eigenvalue weighted by molar-refractivity contribution is 5.61. The summed E-state index contributed by atoms with van der Waals surface area (Å²) in [5.41, 5.74) is 11.8. The zero-order valence-electron chi connectivity index (χ0n) is 10.9. The van der Waals surface area contributed by atoms with Gasteiger partial charge in [0.25, 0.3) is 0 Å². The van der Waals surface area contributed by atoms with E-state index in [2.05, 4.69) is 27.1 Å². The minimum Gasteiger partial charge on any atom is -0.396 e. The molecule has 2 rings (SSSR count). The molecule has 1 fully saturated rings. The summed E-state index contributed by atoms with van der Waals surface area (Å²) in [4.78, 5) is 8.99. The summed E-state index contributed by atoms with van der Waals surface area (Å²) in [6.45, 7) is 6.46. The van der Waals surface area contributed by atoms with Crippen molar-refractivity contribution in [1.29, 1.82) is 0 Å². The van der Waals surface area contributed by atoms with Gasteiger partial charge < -0.3 is 21.7 Å². The van der Waals surface area contributed by atoms with Crippen LogP contribution in [0.1, 0.15) is 0 Å². The van der Waals surface area contributed by atoms with Gasteiger partial charge in [-0.2, -0.15) is 0 Å². The Morgan fingerprint density at radius 2 is 1.94 bits per heavy atom. The second-order valence-electron chi connectivity index (χ2n) is 4.74. The molecule has 1 aliphatic rings. The fourth-order valence-corrected chi connectivity index (χ4v) is 2.00. The van der Waals surface area contributed by atoms with Crippen LogP contribution in [0.2, 0.25) is 0 Å². The summed E-state index contributed by atoms with van der Waals surface area (Å²) >= 11 is 0. The molecule has 0 amide bonds. The van der Waals surface area contributed by atoms with Crippen molar-refractivity contribution in [3.8, 4) is 0 Å². The number of hydrogen-bond donors (Lipinski definition) is 3. The quantitative estimate of drug-likeness (QED) is 0.692. The predicted molar refractivity (Wildman–Crippen MR) is 75.5 cm³/mol. The number of likely N-dealkylation sites (N-methyl/N-ethyl adjacent to an activating group) is 1. The van der Waals surface area contributed by atoms with Crippen LogP contribution in [0.25, 0.3) is 0 Å². The third-order valence-corrected chi connectivity index (χ3v) is 3.29. The van der Waals surface area contributed by atoms with Crippen LogP contribution in [0.4, 0.5) is 17.3 Å². The van der Waals surface area contributed by atoms with Crippen molar-refractivity contribution in [2.75, 3.05) is 63.1 Å². The highest BCUT2D eigenvalue weighted by atomic mass is 15.2. The molecule has 5 N–H and O–H groups in total. The van der Waals surface area contributed by atoms with E-state index in [1.807, 2.05) is 6.07 Å². The smallest absolute Gasteiger partial charge is 0.149 e. The van der Waals surface area contributed by atoms with Crippen LogP contribution < -0.4 is 16.8 Å². The van der Waals surface area contributed by atoms with Gasteiger partial charge in [0.15, 0.2) is 0 Å². The van der Waals surface area contributed by atoms with E-state index in [1.54, 1.807) is 6.07 Å². The fraction of sp³-hybridized carbons (Fsp3) is 0.583. The Kier molecular flexibility index (Phi) is 4.22. The maximum Gasteiger partial charge on any atom is 0.149 e. The molecule has 6 heteroatoms. The Labute approximate surface area is 108 Å². The second kappa shape index (κ2) is 5.88. The number of nitrogens with two attached hydrogens (primary N) is 2. The molecule has 0 aliphatic carbocycles. The van der Waals surface area contributed by atoms with Crippen molar-refractivity contribution >= 4 is 17.3 Å². The van der Waals surface area contributed by atoms with Gasteiger partial charge >= 0.3 is 0 Å². The number of nitrogens with one attached hydrogen (secondary N) is 1. The number of nitrogens with zero attached hydrogens (tertiary/aromatic N) is 3. The van der Waals surface area contributed by atoms with Crippen LogP contribution in [0, 0.1) is 0 Å². The van der Waals surface area contributed by atoms with Crippen LogP contribution >= 0.6 is 0 Å². The molecule has 1 aliphatic heterocycles. The minimum absolute atomic E-state index is 0.389. The van der Waals surface area contributed by atoms with Crippen molar-refractivity contribution in [3.63, 3.8) is 0 Å². The molecule has 1 aromatic rings. The van der Waals surface area contributed by atoms with E-state index < -0.39 is 0 Å². The van der Waals surface area contributed by atoms with Gasteiger partial charge in [0, 0.05) is 39.3 Å². The standard InChI is InChI=1S/C12H22N6/c1-17-6-8-18(9-7-17)5-4-15-11-3-2-10(13)12(14)16-11/h2-3H,4-9,13H2,1H3,(H3,14,15,16). The Hall–Kier alpha value is -1.53. The lowest BCUT2D eigenvalue weighted by Crippen LogP contribution is -2.45. The molecule has 2 heterocycles. The first-order chi connectivity index (χ1) is 8.65. The fourth-order valence-electron chi connectivity index (χ4n) is 2.00. The summed E-state index contributed by atoms with van der Waals surface area (Å²) in [6.07, 6.45) is 0. The lowest BCUT2D eigenvalue weighted by atomic mass is 10.3. The summed E-state index contributed by atoms with van der Waals surface area (Å²) < 4.78 is 0. The highest BCUT2D eigenvalue weighted by Gasteiger charge is 2.12. The van der Waals surface area contributed by atoms with Crippen LogP contribution in [0.15, 0.2) is 12.1 Å². The molecule has 1 saturated heterocycles. The van der Waals surface area contributed by atoms with Gasteiger partial charge in [-0.05, 0) is 19.2 Å². The van der Waals surface area contributed by atoms with E-state index in [9.17, 15) is 0 Å². The molecular formula is C12H22N6. The number of piperazine rings is 1. The van der Waals surface area contributed by atoms with Crippen molar-refractivity contribution in [2.24, 2.45) is 0 Å². The topological polar surface area (TPSA) is 83.4 Å². The van der Waals surface area contributed by atoms with Crippen LogP contribution in [0.3, 0.4) is 0 Å². The molecule has 0 atom stereocenters. The molecule has 0 aromatic carbocycles. The van der Waals surface area contributed by atoms with E-state index in [-0.39, 0.29) is 0 Å². The van der Waals surface area contributed by atoms with Gasteiger partial charge in [0.2, 0.25) is 0 Å². The van der Waals surface area contributed by atoms with Gasteiger partial charge in [0.1, 0.15) is 11.6 Å². The third kappa shape index (κ3) is 3.48. The number of aromatic nitrogens is 1. The lowest BCUT2D eigenvalue weighted by molar-refractivity contribution is 0.158. The molecule has 18 heavy (non-hydrogen) atoms. The van der Waals surface area contributed by atoms with E-state index >= 15 is 0 Å². The monoisotopic (exact) mass is 250 g/mol. The average molecular weight is 250 g/mol. The van der Waals surface area contributed by atoms with E-state index in [0.717, 1.165) is 45.1 Å². The molecule has 0 bridgehead atoms. The average Bonchev–Trinajstić information content (AvgIpc) is 2.36. The SMILES string of the molecule is CN1CCN(CCNc2ccc(N)c(N)n2)CC1. The van der Waals surface area contributed by atoms with Crippen molar-refractivity contribution in [1.82, 2.24) is 14.8 Å². The van der Waals surface area contributed by atoms with Crippen molar-refractivity contribution in [2.45, 2.75) is 0 Å². The first-order valence-corrected chi connectivity index (χ1v) is 6.32. The number of rotatable bonds is 4. The Morgan fingerprint density at radius 1 is 1.22 bits per heavy atom. The normalized spacial score (nSPS) is 17.8. The van der Waals surface area contributed by atoms with Gasteiger partial charge in [-0.3, -0.25) is 4.90 Å². The molecule has 0 unspecified atom stereocenters. The number of pyridine rings is 1. The van der Waals surface area contributed by atoms with Gasteiger partial charge in [-0.15, -0.1) is 0 Å². The van der Waals surface area contributed by atoms with E-state index in [0.29, 0.717) is 11.5 Å². The van der Waals surface area contributed by atoms with Crippen LogP contribution in [-0.4, -0.2) is 61.1 Å². The van der Waals surface area contributed by atoms with E-state index in [1.165, 1.54) is 0 Å². The predicted octanol–water partition coefficient (Wildman–Crippen LogP) is -0.0947. The number of nitrogen functional groups attached to an aromatic ring is 2. The maximum atomic E-state index is 5.66. The minimum atomic E-state index is 0.389. The Balaban J connectivity index is 1.73. The van der Waals surface area contributed by atoms with Gasteiger partial charge in [0.05, 0.1) is 5.69 Å². The van der Waals surface area contributed by atoms with Crippen molar-refractivity contribution < 1.29 is 0 Å². The number of anilines is 3. The molecule has 0 spiro atoms. The van der Waals surface area contributed by atoms with E-state index in [4.69, 9.17) is 11.5 Å². The van der Waals surface area contributed by atoms with Gasteiger partial charge in [-0.25, -0.2) is 4.98 Å². The summed E-state index contributed by atoms with van der Waals surface area (Å²) in [6, 6.07) is 3.64. The van der Waals surface area contributed by atoms with Crippen molar-refractivity contribution in [3.05, 3.63) is 12.1 Å².